The van der Waals surface area contributed by atoms with Gasteiger partial charge in [0.15, 0.2) is 11.6 Å². The molecule has 2 unspecified atom stereocenters. The normalized spacial score (nSPS) is 25.3. The molecule has 0 bridgehead atoms. The number of halogens is 4. The number of imidazole rings is 1. The standard InChI is InChI=1S/C28H35F4N7O/c29-15-19(16-30)33-18-7-5-17(6-8-18)13-21-25(34-21)27-36-23(38-9-11-40-12-10-38)14-24(37-27)39-22-4-2-1-3-20(22)35-28(39)26(31)32/h1-4,14,17-19,21,25-26,33-34H,5-13,15-16H2. The molecule has 2 saturated heterocycles. The van der Waals surface area contributed by atoms with Crippen LogP contribution in [0, 0.1) is 5.92 Å². The lowest BCUT2D eigenvalue weighted by Gasteiger charge is -2.31. The first kappa shape index (κ1) is 27.3. The molecule has 0 radical (unpaired) electrons. The van der Waals surface area contributed by atoms with Crippen molar-refractivity contribution in [3.05, 3.63) is 42.0 Å². The number of hydrogen-bond acceptors (Lipinski definition) is 7. The molecule has 40 heavy (non-hydrogen) atoms. The van der Waals surface area contributed by atoms with E-state index in [1.54, 1.807) is 30.3 Å². The number of aromatic nitrogens is 4. The van der Waals surface area contributed by atoms with Crippen LogP contribution in [0.3, 0.4) is 0 Å². The van der Waals surface area contributed by atoms with Crippen LogP contribution in [-0.2, 0) is 4.74 Å². The van der Waals surface area contributed by atoms with Crippen LogP contribution >= 0.6 is 0 Å². The summed E-state index contributed by atoms with van der Waals surface area (Å²) >= 11 is 0. The highest BCUT2D eigenvalue weighted by molar-refractivity contribution is 5.78. The van der Waals surface area contributed by atoms with Crippen LogP contribution in [0.4, 0.5) is 23.4 Å². The van der Waals surface area contributed by atoms with Gasteiger partial charge in [-0.1, -0.05) is 12.1 Å². The van der Waals surface area contributed by atoms with E-state index in [0.717, 1.165) is 32.1 Å². The van der Waals surface area contributed by atoms with Gasteiger partial charge in [-0.3, -0.25) is 4.57 Å². The number of nitrogens with one attached hydrogen (secondary N) is 2. The summed E-state index contributed by atoms with van der Waals surface area (Å²) in [6.07, 6.45) is 1.97. The summed E-state index contributed by atoms with van der Waals surface area (Å²) in [6.45, 7) is 1.08. The van der Waals surface area contributed by atoms with Crippen molar-refractivity contribution in [3.63, 3.8) is 0 Å². The predicted octanol–water partition coefficient (Wildman–Crippen LogP) is 4.45. The van der Waals surface area contributed by atoms with Gasteiger partial charge in [-0.05, 0) is 50.2 Å². The van der Waals surface area contributed by atoms with Crippen LogP contribution in [0.2, 0.25) is 0 Å². The van der Waals surface area contributed by atoms with Crippen LogP contribution in [0.25, 0.3) is 16.9 Å². The van der Waals surface area contributed by atoms with Crippen molar-refractivity contribution in [1.82, 2.24) is 30.2 Å². The van der Waals surface area contributed by atoms with Crippen LogP contribution in [0.1, 0.15) is 56.2 Å². The topological polar surface area (TPSA) is 90.0 Å². The number of morpholine rings is 1. The fraction of sp³-hybridized carbons (Fsp3) is 0.607. The Hall–Kier alpha value is -2.83. The maximum Gasteiger partial charge on any atom is 0.296 e. The maximum atomic E-state index is 14.1. The van der Waals surface area contributed by atoms with Gasteiger partial charge in [-0.25, -0.2) is 32.5 Å². The predicted molar refractivity (Wildman–Crippen MR) is 144 cm³/mol. The van der Waals surface area contributed by atoms with E-state index in [-0.39, 0.29) is 23.9 Å². The minimum Gasteiger partial charge on any atom is -0.378 e. The maximum absolute atomic E-state index is 14.1. The molecule has 1 aromatic carbocycles. The van der Waals surface area contributed by atoms with Crippen molar-refractivity contribution in [2.24, 2.45) is 5.92 Å². The third-order valence-electron chi connectivity index (χ3n) is 8.31. The van der Waals surface area contributed by atoms with E-state index in [2.05, 4.69) is 20.5 Å². The van der Waals surface area contributed by atoms with Crippen LogP contribution in [-0.4, -0.2) is 77.3 Å². The molecule has 1 aliphatic carbocycles. The number of rotatable bonds is 10. The first-order chi connectivity index (χ1) is 19.5. The monoisotopic (exact) mass is 561 g/mol. The van der Waals surface area contributed by atoms with Gasteiger partial charge in [0.2, 0.25) is 0 Å². The Morgan fingerprint density at radius 3 is 2.42 bits per heavy atom. The number of para-hydroxylation sites is 2. The number of hydrogen-bond donors (Lipinski definition) is 2. The molecule has 8 nitrogen and oxygen atoms in total. The molecule has 4 heterocycles. The number of alkyl halides is 4. The molecule has 1 saturated carbocycles. The van der Waals surface area contributed by atoms with Crippen LogP contribution in [0.15, 0.2) is 30.3 Å². The Kier molecular flexibility index (Phi) is 8.17. The highest BCUT2D eigenvalue weighted by Gasteiger charge is 2.42. The Morgan fingerprint density at radius 2 is 1.70 bits per heavy atom. The molecule has 0 spiro atoms. The van der Waals surface area contributed by atoms with E-state index in [1.807, 2.05) is 0 Å². The minimum atomic E-state index is -2.76. The van der Waals surface area contributed by atoms with Gasteiger partial charge in [0.25, 0.3) is 6.43 Å². The van der Waals surface area contributed by atoms with Crippen molar-refractivity contribution >= 4 is 16.9 Å². The summed E-state index contributed by atoms with van der Waals surface area (Å²) in [7, 11) is 0. The van der Waals surface area contributed by atoms with Gasteiger partial charge >= 0.3 is 0 Å². The summed E-state index contributed by atoms with van der Waals surface area (Å²) in [6, 6.07) is 8.42. The van der Waals surface area contributed by atoms with Crippen molar-refractivity contribution in [3.8, 4) is 5.82 Å². The first-order valence-electron chi connectivity index (χ1n) is 14.2. The lowest BCUT2D eigenvalue weighted by atomic mass is 9.82. The lowest BCUT2D eigenvalue weighted by Crippen LogP contribution is -2.43. The Morgan fingerprint density at radius 1 is 0.975 bits per heavy atom. The second-order valence-corrected chi connectivity index (χ2v) is 11.0. The number of benzene rings is 1. The molecule has 2 atom stereocenters. The quantitative estimate of drug-likeness (QED) is 0.279. The van der Waals surface area contributed by atoms with Gasteiger partial charge in [0.1, 0.15) is 25.0 Å². The van der Waals surface area contributed by atoms with Crippen molar-refractivity contribution in [1.29, 1.82) is 0 Å². The largest absolute Gasteiger partial charge is 0.378 e. The summed E-state index contributed by atoms with van der Waals surface area (Å²) in [5.74, 6) is 1.82. The molecule has 216 valence electrons. The van der Waals surface area contributed by atoms with Crippen LogP contribution < -0.4 is 15.5 Å². The number of fused-ring (bicyclic) bond motifs is 1. The average Bonchev–Trinajstić information content (AvgIpc) is 3.65. The number of nitrogens with zero attached hydrogens (tertiary/aromatic N) is 5. The van der Waals surface area contributed by atoms with E-state index in [1.165, 1.54) is 4.57 Å². The van der Waals surface area contributed by atoms with E-state index in [9.17, 15) is 17.6 Å². The minimum absolute atomic E-state index is 0.0668. The van der Waals surface area contributed by atoms with Crippen LogP contribution in [0.5, 0.6) is 0 Å². The molecule has 0 amide bonds. The zero-order valence-electron chi connectivity index (χ0n) is 22.3. The third-order valence-corrected chi connectivity index (χ3v) is 8.31. The third kappa shape index (κ3) is 5.80. The summed E-state index contributed by atoms with van der Waals surface area (Å²) in [5, 5.41) is 6.62. The second kappa shape index (κ2) is 12.0. The van der Waals surface area contributed by atoms with Gasteiger partial charge in [-0.2, -0.15) is 0 Å². The van der Waals surface area contributed by atoms with Gasteiger partial charge in [0, 0.05) is 31.2 Å². The number of ether oxygens (including phenoxy) is 1. The molecule has 6 rings (SSSR count). The molecule has 2 N–H and O–H groups in total. The molecule has 3 aromatic rings. The van der Waals surface area contributed by atoms with E-state index < -0.39 is 25.8 Å². The average molecular weight is 562 g/mol. The smallest absolute Gasteiger partial charge is 0.296 e. The van der Waals surface area contributed by atoms with E-state index >= 15 is 0 Å². The van der Waals surface area contributed by atoms with Crippen molar-refractivity contribution in [2.45, 2.75) is 62.7 Å². The van der Waals surface area contributed by atoms with Gasteiger partial charge in [0.05, 0.1) is 36.3 Å². The van der Waals surface area contributed by atoms with Crippen molar-refractivity contribution in [2.75, 3.05) is 44.6 Å². The zero-order valence-corrected chi connectivity index (χ0v) is 22.3. The fourth-order valence-electron chi connectivity index (χ4n) is 6.10. The lowest BCUT2D eigenvalue weighted by molar-refractivity contribution is 0.122. The Labute approximate surface area is 230 Å². The van der Waals surface area contributed by atoms with E-state index in [0.29, 0.717) is 60.7 Å². The summed E-state index contributed by atoms with van der Waals surface area (Å²) < 4.78 is 61.0. The molecule has 12 heteroatoms. The molecule has 2 aliphatic heterocycles. The highest BCUT2D eigenvalue weighted by atomic mass is 19.3. The van der Waals surface area contributed by atoms with Gasteiger partial charge < -0.3 is 20.3 Å². The van der Waals surface area contributed by atoms with E-state index in [4.69, 9.17) is 14.7 Å². The summed E-state index contributed by atoms with van der Waals surface area (Å²) in [5.41, 5.74) is 1.06. The first-order valence-corrected chi connectivity index (χ1v) is 14.2. The number of anilines is 1. The van der Waals surface area contributed by atoms with Crippen molar-refractivity contribution < 1.29 is 22.3 Å². The molecule has 2 aromatic heterocycles. The highest BCUT2D eigenvalue weighted by Crippen LogP contribution is 2.38. The fourth-order valence-corrected chi connectivity index (χ4v) is 6.10. The molecular weight excluding hydrogens is 526 g/mol. The molecule has 3 aliphatic rings. The Balaban J connectivity index is 1.22. The SMILES string of the molecule is FCC(CF)NC1CCC(CC2NC2c2nc(N3CCOCC3)cc(-n3c(C(F)F)nc4ccccc43)n2)CC1. The Bertz CT molecular complexity index is 1290. The zero-order chi connectivity index (χ0) is 27.6. The molecular formula is C28H35F4N7O. The molecule has 3 fully saturated rings. The second-order valence-electron chi connectivity index (χ2n) is 11.0. The summed E-state index contributed by atoms with van der Waals surface area (Å²) in [4.78, 5) is 16.0. The van der Waals surface area contributed by atoms with Gasteiger partial charge in [-0.15, -0.1) is 0 Å².